The van der Waals surface area contributed by atoms with Crippen LogP contribution in [0.2, 0.25) is 0 Å². The maximum atomic E-state index is 15.4. The number of aromatic nitrogens is 2. The third-order valence-corrected chi connectivity index (χ3v) is 18.7. The summed E-state index contributed by atoms with van der Waals surface area (Å²) in [5.41, 5.74) is 2.95. The Morgan fingerprint density at radius 3 is 2.44 bits per heavy atom. The first-order valence-corrected chi connectivity index (χ1v) is 27.8. The van der Waals surface area contributed by atoms with Crippen molar-refractivity contribution in [2.75, 3.05) is 45.2 Å². The number of anilines is 1. The Kier molecular flexibility index (Phi) is 14.4. The molecule has 2 aromatic carbocycles. The number of hydrogen-bond donors (Lipinski definition) is 2. The van der Waals surface area contributed by atoms with Gasteiger partial charge >= 0.3 is 0 Å². The number of amides is 3. The Morgan fingerprint density at radius 1 is 0.958 bits per heavy atom. The number of nitrogens with zero attached hydrogens (tertiary/aromatic N) is 5. The van der Waals surface area contributed by atoms with Crippen LogP contribution in [0.25, 0.3) is 21.6 Å². The molecule has 0 unspecified atom stereocenters. The first-order chi connectivity index (χ1) is 33.9. The monoisotopic (exact) mass is 1010 g/mol. The topological polar surface area (TPSA) is 180 Å². The van der Waals surface area contributed by atoms with Crippen LogP contribution in [0.5, 0.6) is 11.5 Å². The van der Waals surface area contributed by atoms with E-state index >= 15 is 9.59 Å². The highest BCUT2D eigenvalue weighted by Crippen LogP contribution is 2.58. The number of sulfonamides is 1. The molecule has 2 saturated heterocycles. The highest BCUT2D eigenvalue weighted by molar-refractivity contribution is 7.91. The van der Waals surface area contributed by atoms with Crippen LogP contribution in [0.4, 0.5) is 5.69 Å². The summed E-state index contributed by atoms with van der Waals surface area (Å²) >= 11 is 1.50. The fraction of sp³-hybridized carbons (Fsp3) is 0.556. The zero-order valence-corrected chi connectivity index (χ0v) is 43.8. The minimum absolute atomic E-state index is 0.0604. The molecule has 0 bridgehead atoms. The molecular formula is C54H69N7O8S2. The molecule has 3 amide bonds. The predicted molar refractivity (Wildman–Crippen MR) is 276 cm³/mol. The van der Waals surface area contributed by atoms with Gasteiger partial charge in [0.25, 0.3) is 5.91 Å². The van der Waals surface area contributed by atoms with Crippen LogP contribution in [0, 0.1) is 18.3 Å². The normalized spacial score (nSPS) is 25.5. The van der Waals surface area contributed by atoms with E-state index in [-0.39, 0.29) is 48.8 Å². The lowest BCUT2D eigenvalue weighted by Gasteiger charge is -2.37. The number of ether oxygens (including phenoxy) is 2. The highest BCUT2D eigenvalue weighted by Gasteiger charge is 2.62. The largest absolute Gasteiger partial charge is 0.496 e. The van der Waals surface area contributed by atoms with Crippen LogP contribution in [0.3, 0.4) is 0 Å². The molecule has 4 aromatic rings. The summed E-state index contributed by atoms with van der Waals surface area (Å²) in [5, 5.41) is 7.01. The third-order valence-electron chi connectivity index (χ3n) is 15.6. The van der Waals surface area contributed by atoms with Gasteiger partial charge in [-0.3, -0.25) is 28.8 Å². The summed E-state index contributed by atoms with van der Waals surface area (Å²) in [4.78, 5) is 74.5. The summed E-state index contributed by atoms with van der Waals surface area (Å²) in [5.74, 6) is -0.260. The number of methoxy groups -OCH3 is 1. The summed E-state index contributed by atoms with van der Waals surface area (Å²) in [6, 6.07) is 11.6. The molecule has 9 rings (SSSR count). The summed E-state index contributed by atoms with van der Waals surface area (Å²) < 4.78 is 41.0. The molecule has 15 nitrogen and oxygen atoms in total. The van der Waals surface area contributed by atoms with Crippen molar-refractivity contribution in [2.45, 2.75) is 141 Å². The predicted octanol–water partition coefficient (Wildman–Crippen LogP) is 8.28. The molecule has 380 valence electrons. The summed E-state index contributed by atoms with van der Waals surface area (Å²) in [7, 11) is -2.36. The lowest BCUT2D eigenvalue weighted by atomic mass is 9.91. The van der Waals surface area contributed by atoms with Gasteiger partial charge in [0.2, 0.25) is 21.8 Å². The molecule has 71 heavy (non-hydrogen) atoms. The summed E-state index contributed by atoms with van der Waals surface area (Å²) in [6.45, 7) is 15.0. The number of allylic oxidation sites excluding steroid dienone is 2. The second-order valence-corrected chi connectivity index (χ2v) is 24.3. The van der Waals surface area contributed by atoms with Crippen LogP contribution in [0.15, 0.2) is 60.0 Å². The van der Waals surface area contributed by atoms with Gasteiger partial charge in [0.15, 0.2) is 5.78 Å². The maximum Gasteiger partial charge on any atom is 0.254 e. The molecule has 5 atom stereocenters. The van der Waals surface area contributed by atoms with Gasteiger partial charge in [-0.2, -0.15) is 0 Å². The van der Waals surface area contributed by atoms with E-state index in [1.165, 1.54) is 11.3 Å². The number of ketones is 1. The van der Waals surface area contributed by atoms with E-state index in [4.69, 9.17) is 19.4 Å². The van der Waals surface area contributed by atoms with E-state index in [0.717, 1.165) is 60.4 Å². The number of thiazole rings is 1. The van der Waals surface area contributed by atoms with E-state index < -0.39 is 44.3 Å². The number of nitrogens with one attached hydrogen (secondary N) is 2. The number of piperazine rings is 1. The lowest BCUT2D eigenvalue weighted by Crippen LogP contribution is -2.50. The van der Waals surface area contributed by atoms with Gasteiger partial charge in [-0.05, 0) is 108 Å². The van der Waals surface area contributed by atoms with E-state index in [1.807, 2.05) is 71.8 Å². The standard InChI is InChI=1S/C54H69N7O8S2/c1-33(2)43-32-70-49(57-43)42-28-47(40-18-19-46(68-7)35(5)48(40)56-42)69-39-27-44-45(62)30-54(52(65)58-71(66,67)53(6)20-21-53)29-37(54)15-11-9-8-10-12-17-41(51(64)61(44)31-39)55-38-16-13-14-36(26-38)50(63)60-24-22-59(23-25-60)34(3)4/h11,13-16,18-19,26,28,32-34,37,39,41,44,55H,8-10,12,17,20-25,27,29-31H2,1-7H3,(H,58,65)/b15-11-/t37-,39+,41-,44-,54+/m0/s1. The average molecular weight is 1010 g/mol. The van der Waals surface area contributed by atoms with E-state index in [9.17, 15) is 18.0 Å². The lowest BCUT2D eigenvalue weighted by molar-refractivity contribution is -0.139. The fourth-order valence-corrected chi connectivity index (χ4v) is 12.8. The second kappa shape index (κ2) is 20.3. The van der Waals surface area contributed by atoms with Gasteiger partial charge in [-0.25, -0.2) is 18.4 Å². The highest BCUT2D eigenvalue weighted by atomic mass is 32.2. The van der Waals surface area contributed by atoms with Crippen molar-refractivity contribution in [3.8, 4) is 22.2 Å². The smallest absolute Gasteiger partial charge is 0.254 e. The zero-order chi connectivity index (χ0) is 50.4. The van der Waals surface area contributed by atoms with Gasteiger partial charge in [-0.1, -0.05) is 44.9 Å². The van der Waals surface area contributed by atoms with Gasteiger partial charge in [0.1, 0.15) is 34.3 Å². The number of benzene rings is 2. The van der Waals surface area contributed by atoms with Crippen molar-refractivity contribution in [1.29, 1.82) is 0 Å². The van der Waals surface area contributed by atoms with Crippen LogP contribution in [-0.4, -0.2) is 125 Å². The number of pyridine rings is 1. The number of carbonyl (C=O) groups is 4. The number of rotatable bonds is 12. The Bertz CT molecular complexity index is 2830. The molecule has 2 aliphatic carbocycles. The van der Waals surface area contributed by atoms with Crippen molar-refractivity contribution >= 4 is 61.5 Å². The van der Waals surface area contributed by atoms with Crippen molar-refractivity contribution in [1.82, 2.24) is 29.4 Å². The number of Topliss-reactive ketones (excluding diaryl/α,β-unsaturated/α-hetero) is 1. The van der Waals surface area contributed by atoms with Crippen LogP contribution < -0.4 is 19.5 Å². The second-order valence-electron chi connectivity index (χ2n) is 21.3. The SMILES string of the molecule is COc1ccc2c(O[C@@H]3C[C@H]4C(=O)C[C@]5(C(=O)NS(=O)(=O)C6(C)CC6)C[C@@H]5/C=C\CCCCC[C@H](Nc5cccc(C(=O)N6CCN(C(C)C)CC6)c5)C(=O)N4C3)cc(-c3nc(C(C)C)cs3)nc2c1C. The van der Waals surface area contributed by atoms with Crippen LogP contribution >= 0.6 is 11.3 Å². The van der Waals surface area contributed by atoms with Crippen molar-refractivity contribution in [3.63, 3.8) is 0 Å². The first kappa shape index (κ1) is 50.5. The number of fused-ring (bicyclic) bond motifs is 3. The minimum Gasteiger partial charge on any atom is -0.496 e. The van der Waals surface area contributed by atoms with E-state index in [0.29, 0.717) is 78.8 Å². The van der Waals surface area contributed by atoms with Crippen molar-refractivity contribution in [2.24, 2.45) is 11.3 Å². The molecule has 2 N–H and O–H groups in total. The molecule has 17 heteroatoms. The number of aryl methyl sites for hydroxylation is 1. The molecular weight excluding hydrogens is 939 g/mol. The number of carbonyl (C=O) groups excluding carboxylic acids is 4. The first-order valence-electron chi connectivity index (χ1n) is 25.5. The quantitative estimate of drug-likeness (QED) is 0.130. The molecule has 3 aliphatic heterocycles. The molecule has 0 spiro atoms. The van der Waals surface area contributed by atoms with E-state index in [1.54, 1.807) is 18.9 Å². The zero-order valence-electron chi connectivity index (χ0n) is 42.2. The molecule has 2 aromatic heterocycles. The fourth-order valence-electron chi connectivity index (χ4n) is 10.5. The minimum atomic E-state index is -3.98. The Morgan fingerprint density at radius 2 is 1.73 bits per heavy atom. The Labute approximate surface area is 422 Å². The Balaban J connectivity index is 1.05. The molecule has 2 saturated carbocycles. The molecule has 0 radical (unpaired) electrons. The molecule has 5 aliphatic rings. The third kappa shape index (κ3) is 10.5. The van der Waals surface area contributed by atoms with Gasteiger partial charge in [-0.15, -0.1) is 11.3 Å². The van der Waals surface area contributed by atoms with Gasteiger partial charge in [0.05, 0.1) is 41.1 Å². The van der Waals surface area contributed by atoms with Crippen LogP contribution in [0.1, 0.15) is 126 Å². The molecule has 5 heterocycles. The molecule has 4 fully saturated rings. The number of hydrogen-bond acceptors (Lipinski definition) is 13. The van der Waals surface area contributed by atoms with E-state index in [2.05, 4.69) is 42.6 Å². The van der Waals surface area contributed by atoms with Gasteiger partial charge < -0.3 is 24.6 Å². The average Bonchev–Trinajstić information content (AvgIpc) is 4.12. The van der Waals surface area contributed by atoms with Crippen molar-refractivity contribution in [3.05, 3.63) is 76.8 Å². The maximum absolute atomic E-state index is 15.4. The van der Waals surface area contributed by atoms with Gasteiger partial charge in [0, 0.05) is 78.7 Å². The van der Waals surface area contributed by atoms with Crippen LogP contribution in [-0.2, 0) is 24.4 Å². The van der Waals surface area contributed by atoms with Crippen molar-refractivity contribution < 1.29 is 37.1 Å². The summed E-state index contributed by atoms with van der Waals surface area (Å²) in [6.07, 6.45) is 8.12. The Hall–Kier alpha value is -5.39.